The first kappa shape index (κ1) is 18.5. The van der Waals surface area contributed by atoms with Crippen LogP contribution in [-0.2, 0) is 0 Å². The van der Waals surface area contributed by atoms with E-state index in [1.807, 2.05) is 35.4 Å². The number of benzene rings is 1. The van der Waals surface area contributed by atoms with Crippen molar-refractivity contribution < 1.29 is 4.79 Å². The topological polar surface area (TPSA) is 63.1 Å². The first-order valence-electron chi connectivity index (χ1n) is 9.89. The van der Waals surface area contributed by atoms with Gasteiger partial charge in [-0.15, -0.1) is 0 Å². The molecule has 0 unspecified atom stereocenters. The van der Waals surface area contributed by atoms with Gasteiger partial charge in [0.15, 0.2) is 0 Å². The average molecular weight is 377 g/mol. The van der Waals surface area contributed by atoms with Crippen LogP contribution >= 0.6 is 0 Å². The summed E-state index contributed by atoms with van der Waals surface area (Å²) in [5, 5.41) is 3.04. The molecule has 3 heterocycles. The van der Waals surface area contributed by atoms with E-state index in [1.165, 1.54) is 11.1 Å². The second kappa shape index (κ2) is 7.26. The molecule has 1 fully saturated rings. The maximum atomic E-state index is 12.8. The van der Waals surface area contributed by atoms with Gasteiger partial charge in [0.1, 0.15) is 5.82 Å². The molecule has 2 amide bonds. The predicted octanol–water partition coefficient (Wildman–Crippen LogP) is 4.65. The largest absolute Gasteiger partial charge is 0.324 e. The minimum Gasteiger partial charge on any atom is -0.324 e. The van der Waals surface area contributed by atoms with Crippen molar-refractivity contribution in [2.75, 3.05) is 18.4 Å². The molecule has 28 heavy (non-hydrogen) atoms. The molecule has 2 aromatic heterocycles. The van der Waals surface area contributed by atoms with E-state index in [1.54, 1.807) is 6.20 Å². The number of urea groups is 1. The van der Waals surface area contributed by atoms with Crippen molar-refractivity contribution in [1.82, 2.24) is 19.4 Å². The molecule has 0 spiro atoms. The molecule has 1 N–H and O–H groups in total. The first-order valence-corrected chi connectivity index (χ1v) is 9.89. The fraction of sp³-hybridized carbons (Fsp3) is 0.409. The third-order valence-electron chi connectivity index (χ3n) is 5.63. The minimum absolute atomic E-state index is 0.0420. The number of likely N-dealkylation sites (tertiary alicyclic amines) is 1. The molecule has 1 aliphatic rings. The highest BCUT2D eigenvalue weighted by atomic mass is 16.2. The van der Waals surface area contributed by atoms with Gasteiger partial charge in [0.05, 0.1) is 17.2 Å². The summed E-state index contributed by atoms with van der Waals surface area (Å²) in [6.07, 6.45) is 4.58. The van der Waals surface area contributed by atoms with Gasteiger partial charge < -0.3 is 14.8 Å². The molecule has 1 aromatic carbocycles. The van der Waals surface area contributed by atoms with Gasteiger partial charge in [-0.3, -0.25) is 4.98 Å². The zero-order valence-corrected chi connectivity index (χ0v) is 16.9. The highest BCUT2D eigenvalue weighted by molar-refractivity contribution is 5.89. The van der Waals surface area contributed by atoms with Crippen molar-refractivity contribution in [1.29, 1.82) is 0 Å². The van der Waals surface area contributed by atoms with Gasteiger partial charge in [0.25, 0.3) is 0 Å². The van der Waals surface area contributed by atoms with E-state index in [0.717, 1.165) is 35.5 Å². The van der Waals surface area contributed by atoms with Crippen molar-refractivity contribution in [2.24, 2.45) is 0 Å². The fourth-order valence-electron chi connectivity index (χ4n) is 3.97. The Labute approximate surface area is 165 Å². The molecule has 0 aliphatic carbocycles. The van der Waals surface area contributed by atoms with E-state index in [0.29, 0.717) is 12.6 Å². The number of fused-ring (bicyclic) bond motifs is 1. The second-order valence-corrected chi connectivity index (χ2v) is 7.96. The number of hydrogen-bond acceptors (Lipinski definition) is 3. The van der Waals surface area contributed by atoms with Crippen LogP contribution in [0.3, 0.4) is 0 Å². The van der Waals surface area contributed by atoms with Crippen LogP contribution in [-0.4, -0.2) is 38.6 Å². The molecule has 6 heteroatoms. The average Bonchev–Trinajstić information content (AvgIpc) is 3.29. The molecule has 0 bridgehead atoms. The lowest BCUT2D eigenvalue weighted by atomic mass is 10.1. The van der Waals surface area contributed by atoms with Gasteiger partial charge in [-0.25, -0.2) is 9.78 Å². The smallest absolute Gasteiger partial charge is 0.321 e. The number of amides is 2. The van der Waals surface area contributed by atoms with E-state index < -0.39 is 0 Å². The molecule has 3 aromatic rings. The number of pyridine rings is 1. The van der Waals surface area contributed by atoms with Crippen LogP contribution in [0.15, 0.2) is 36.7 Å². The van der Waals surface area contributed by atoms with Crippen LogP contribution in [0.1, 0.15) is 49.2 Å². The van der Waals surface area contributed by atoms with Crippen molar-refractivity contribution in [3.05, 3.63) is 53.6 Å². The number of carbonyl (C=O) groups is 1. The van der Waals surface area contributed by atoms with Gasteiger partial charge in [-0.2, -0.15) is 0 Å². The van der Waals surface area contributed by atoms with Crippen LogP contribution in [0.4, 0.5) is 10.5 Å². The second-order valence-electron chi connectivity index (χ2n) is 7.96. The van der Waals surface area contributed by atoms with Crippen LogP contribution in [0.5, 0.6) is 0 Å². The lowest BCUT2D eigenvalue weighted by Crippen LogP contribution is -2.33. The number of aryl methyl sites for hydroxylation is 2. The maximum absolute atomic E-state index is 12.8. The third-order valence-corrected chi connectivity index (χ3v) is 5.63. The standard InChI is InChI=1S/C22H27N5O/c1-14(2)27-20-12-23-9-7-19(20)25-21(27)17-8-10-26(13-17)22(28)24-18-6-5-15(3)16(4)11-18/h5-7,9,11-12,14,17H,8,10,13H2,1-4H3,(H,24,28)/t17-/m1/s1. The van der Waals surface area contributed by atoms with Gasteiger partial charge in [-0.05, 0) is 63.4 Å². The van der Waals surface area contributed by atoms with E-state index in [9.17, 15) is 4.79 Å². The summed E-state index contributed by atoms with van der Waals surface area (Å²) in [4.78, 5) is 23.8. The van der Waals surface area contributed by atoms with Crippen molar-refractivity contribution >= 4 is 22.8 Å². The Balaban J connectivity index is 1.52. The number of carbonyl (C=O) groups excluding carboxylic acids is 1. The number of aromatic nitrogens is 3. The van der Waals surface area contributed by atoms with E-state index in [2.05, 4.69) is 42.6 Å². The molecule has 6 nitrogen and oxygen atoms in total. The lowest BCUT2D eigenvalue weighted by molar-refractivity contribution is 0.222. The normalized spacial score (nSPS) is 16.9. The summed E-state index contributed by atoms with van der Waals surface area (Å²) in [6.45, 7) is 9.87. The molecular formula is C22H27N5O. The fourth-order valence-corrected chi connectivity index (χ4v) is 3.97. The third kappa shape index (κ3) is 3.35. The predicted molar refractivity (Wildman–Crippen MR) is 112 cm³/mol. The molecule has 1 aliphatic heterocycles. The Bertz CT molecular complexity index is 1020. The Kier molecular flexibility index (Phi) is 4.79. The number of imidazole rings is 1. The summed E-state index contributed by atoms with van der Waals surface area (Å²) in [7, 11) is 0. The monoisotopic (exact) mass is 377 g/mol. The van der Waals surface area contributed by atoms with E-state index in [-0.39, 0.29) is 11.9 Å². The summed E-state index contributed by atoms with van der Waals surface area (Å²) in [5.74, 6) is 1.29. The first-order chi connectivity index (χ1) is 13.4. The van der Waals surface area contributed by atoms with Crippen molar-refractivity contribution in [3.8, 4) is 0 Å². The van der Waals surface area contributed by atoms with Gasteiger partial charge >= 0.3 is 6.03 Å². The zero-order valence-electron chi connectivity index (χ0n) is 16.9. The zero-order chi connectivity index (χ0) is 19.8. The summed E-state index contributed by atoms with van der Waals surface area (Å²) >= 11 is 0. The molecule has 0 radical (unpaired) electrons. The number of anilines is 1. The summed E-state index contributed by atoms with van der Waals surface area (Å²) in [6, 6.07) is 8.22. The SMILES string of the molecule is Cc1ccc(NC(=O)N2CC[C@@H](c3nc4ccncc4n3C(C)C)C2)cc1C. The Morgan fingerprint density at radius 3 is 2.79 bits per heavy atom. The molecule has 1 atom stereocenters. The summed E-state index contributed by atoms with van der Waals surface area (Å²) in [5.41, 5.74) is 5.27. The Morgan fingerprint density at radius 2 is 2.04 bits per heavy atom. The molecule has 0 saturated carbocycles. The molecule has 146 valence electrons. The van der Waals surface area contributed by atoms with E-state index in [4.69, 9.17) is 4.98 Å². The summed E-state index contributed by atoms with van der Waals surface area (Å²) < 4.78 is 2.26. The van der Waals surface area contributed by atoms with Gasteiger partial charge in [0, 0.05) is 36.9 Å². The van der Waals surface area contributed by atoms with Crippen LogP contribution in [0.25, 0.3) is 11.0 Å². The maximum Gasteiger partial charge on any atom is 0.321 e. The molecular weight excluding hydrogens is 350 g/mol. The van der Waals surface area contributed by atoms with Crippen molar-refractivity contribution in [2.45, 2.75) is 46.1 Å². The number of hydrogen-bond donors (Lipinski definition) is 1. The van der Waals surface area contributed by atoms with Crippen LogP contribution in [0.2, 0.25) is 0 Å². The van der Waals surface area contributed by atoms with E-state index >= 15 is 0 Å². The van der Waals surface area contributed by atoms with Gasteiger partial charge in [0.2, 0.25) is 0 Å². The van der Waals surface area contributed by atoms with Crippen LogP contribution in [0, 0.1) is 13.8 Å². The van der Waals surface area contributed by atoms with Crippen LogP contribution < -0.4 is 5.32 Å². The quantitative estimate of drug-likeness (QED) is 0.723. The van der Waals surface area contributed by atoms with Crippen molar-refractivity contribution in [3.63, 3.8) is 0 Å². The Hall–Kier alpha value is -2.89. The number of nitrogens with zero attached hydrogens (tertiary/aromatic N) is 4. The highest BCUT2D eigenvalue weighted by Crippen LogP contribution is 2.31. The van der Waals surface area contributed by atoms with Gasteiger partial charge in [-0.1, -0.05) is 6.07 Å². The number of rotatable bonds is 3. The minimum atomic E-state index is -0.0420. The lowest BCUT2D eigenvalue weighted by Gasteiger charge is -2.19. The molecule has 4 rings (SSSR count). The molecule has 1 saturated heterocycles. The number of nitrogens with one attached hydrogen (secondary N) is 1. The Morgan fingerprint density at radius 1 is 1.21 bits per heavy atom. The highest BCUT2D eigenvalue weighted by Gasteiger charge is 2.31.